The van der Waals surface area contributed by atoms with Crippen LogP contribution in [0.25, 0.3) is 10.8 Å². The van der Waals surface area contributed by atoms with E-state index in [-0.39, 0.29) is 5.04 Å². The molecule has 0 amide bonds. The van der Waals surface area contributed by atoms with E-state index in [1.165, 1.54) is 0 Å². The van der Waals surface area contributed by atoms with E-state index in [0.29, 0.717) is 34.9 Å². The number of rotatable bonds is 5. The zero-order valence-electron chi connectivity index (χ0n) is 13.7. The standard InChI is InChI=1S/C19H20N4OS/c20-11-12-23-16-9-4-8-15(18(16)21)19(22)25(24)17-10-3-6-13-5-1-2-7-14(13)17/h1-10,22-23H,11-12,20-21H2. The quantitative estimate of drug-likeness (QED) is 0.322. The highest BCUT2D eigenvalue weighted by atomic mass is 32.2. The molecule has 25 heavy (non-hydrogen) atoms. The summed E-state index contributed by atoms with van der Waals surface area (Å²) in [5, 5.41) is 13.4. The van der Waals surface area contributed by atoms with Gasteiger partial charge in [0.05, 0.1) is 16.3 Å². The monoisotopic (exact) mass is 352 g/mol. The van der Waals surface area contributed by atoms with Gasteiger partial charge in [0, 0.05) is 18.7 Å². The first-order valence-corrected chi connectivity index (χ1v) is 9.09. The normalized spacial score (nSPS) is 12.0. The van der Waals surface area contributed by atoms with Crippen LogP contribution in [-0.2, 0) is 10.8 Å². The molecule has 1 unspecified atom stereocenters. The summed E-state index contributed by atoms with van der Waals surface area (Å²) < 4.78 is 13.0. The van der Waals surface area contributed by atoms with Crippen LogP contribution in [0.2, 0.25) is 0 Å². The summed E-state index contributed by atoms with van der Waals surface area (Å²) in [5.41, 5.74) is 13.3. The molecule has 0 bridgehead atoms. The van der Waals surface area contributed by atoms with Crippen LogP contribution in [0.5, 0.6) is 0 Å². The lowest BCUT2D eigenvalue weighted by Crippen LogP contribution is -2.16. The Bertz CT molecular complexity index is 950. The molecule has 0 aliphatic heterocycles. The maximum Gasteiger partial charge on any atom is 0.133 e. The fraction of sp³-hybridized carbons (Fsp3) is 0.105. The van der Waals surface area contributed by atoms with Gasteiger partial charge in [-0.2, -0.15) is 0 Å². The number of para-hydroxylation sites is 1. The van der Waals surface area contributed by atoms with Gasteiger partial charge in [-0.1, -0.05) is 42.5 Å². The van der Waals surface area contributed by atoms with E-state index < -0.39 is 10.8 Å². The van der Waals surface area contributed by atoms with E-state index in [0.717, 1.165) is 10.8 Å². The molecule has 1 atom stereocenters. The summed E-state index contributed by atoms with van der Waals surface area (Å²) in [7, 11) is -1.63. The summed E-state index contributed by atoms with van der Waals surface area (Å²) in [5.74, 6) is 0. The van der Waals surface area contributed by atoms with Gasteiger partial charge in [0.15, 0.2) is 0 Å². The van der Waals surface area contributed by atoms with Crippen molar-refractivity contribution in [1.29, 1.82) is 5.41 Å². The fourth-order valence-corrected chi connectivity index (χ4v) is 3.88. The molecular formula is C19H20N4OS. The predicted octanol–water partition coefficient (Wildman–Crippen LogP) is 2.93. The van der Waals surface area contributed by atoms with E-state index in [1.54, 1.807) is 18.2 Å². The van der Waals surface area contributed by atoms with Gasteiger partial charge in [0.2, 0.25) is 0 Å². The minimum atomic E-state index is -1.63. The van der Waals surface area contributed by atoms with Crippen LogP contribution < -0.4 is 16.8 Å². The van der Waals surface area contributed by atoms with E-state index in [4.69, 9.17) is 16.9 Å². The van der Waals surface area contributed by atoms with Crippen molar-refractivity contribution in [3.63, 3.8) is 0 Å². The molecule has 3 rings (SSSR count). The Morgan fingerprint density at radius 2 is 1.76 bits per heavy atom. The lowest BCUT2D eigenvalue weighted by atomic mass is 10.1. The highest BCUT2D eigenvalue weighted by Crippen LogP contribution is 2.27. The number of nitrogens with two attached hydrogens (primary N) is 2. The largest absolute Gasteiger partial charge is 0.396 e. The van der Waals surface area contributed by atoms with Gasteiger partial charge in [-0.3, -0.25) is 5.41 Å². The first kappa shape index (κ1) is 17.1. The molecule has 6 N–H and O–H groups in total. The maximum absolute atomic E-state index is 13.0. The van der Waals surface area contributed by atoms with E-state index >= 15 is 0 Å². The minimum Gasteiger partial charge on any atom is -0.396 e. The van der Waals surface area contributed by atoms with Gasteiger partial charge in [-0.25, -0.2) is 4.21 Å². The van der Waals surface area contributed by atoms with Gasteiger partial charge in [-0.15, -0.1) is 0 Å². The zero-order valence-corrected chi connectivity index (χ0v) is 14.5. The van der Waals surface area contributed by atoms with Gasteiger partial charge in [-0.05, 0) is 29.0 Å². The first-order valence-electron chi connectivity index (χ1n) is 7.94. The van der Waals surface area contributed by atoms with Crippen molar-refractivity contribution < 1.29 is 4.21 Å². The van der Waals surface area contributed by atoms with Crippen LogP contribution in [0.15, 0.2) is 65.6 Å². The van der Waals surface area contributed by atoms with Crippen molar-refractivity contribution in [3.8, 4) is 0 Å². The predicted molar refractivity (Wildman–Crippen MR) is 106 cm³/mol. The summed E-state index contributed by atoms with van der Waals surface area (Å²) in [6.45, 7) is 1.05. The fourth-order valence-electron chi connectivity index (χ4n) is 2.69. The van der Waals surface area contributed by atoms with Gasteiger partial charge in [0.25, 0.3) is 0 Å². The average Bonchev–Trinajstić information content (AvgIpc) is 2.65. The number of nitrogen functional groups attached to an aromatic ring is 1. The van der Waals surface area contributed by atoms with Gasteiger partial charge >= 0.3 is 0 Å². The van der Waals surface area contributed by atoms with Crippen molar-refractivity contribution >= 4 is 38.0 Å². The third-order valence-electron chi connectivity index (χ3n) is 3.95. The first-order chi connectivity index (χ1) is 12.1. The Hall–Kier alpha value is -2.70. The highest BCUT2D eigenvalue weighted by molar-refractivity contribution is 8.01. The zero-order chi connectivity index (χ0) is 17.8. The van der Waals surface area contributed by atoms with Crippen LogP contribution in [0.3, 0.4) is 0 Å². The SMILES string of the molecule is N=C(c1cccc(NCCN)c1N)S(=O)c1cccc2ccccc12. The Morgan fingerprint density at radius 3 is 2.56 bits per heavy atom. The molecule has 0 aliphatic rings. The number of nitrogens with one attached hydrogen (secondary N) is 2. The topological polar surface area (TPSA) is 105 Å². The third-order valence-corrected chi connectivity index (χ3v) is 5.29. The number of hydrogen-bond donors (Lipinski definition) is 4. The van der Waals surface area contributed by atoms with Crippen LogP contribution in [0.4, 0.5) is 11.4 Å². The smallest absolute Gasteiger partial charge is 0.133 e. The van der Waals surface area contributed by atoms with E-state index in [9.17, 15) is 4.21 Å². The molecule has 0 fully saturated rings. The van der Waals surface area contributed by atoms with E-state index in [2.05, 4.69) is 5.32 Å². The average molecular weight is 352 g/mol. The van der Waals surface area contributed by atoms with Crippen molar-refractivity contribution in [2.24, 2.45) is 5.73 Å². The molecule has 0 saturated carbocycles. The number of anilines is 2. The molecule has 6 heteroatoms. The van der Waals surface area contributed by atoms with Crippen LogP contribution in [0, 0.1) is 5.41 Å². The number of fused-ring (bicyclic) bond motifs is 1. The van der Waals surface area contributed by atoms with Crippen molar-refractivity contribution in [1.82, 2.24) is 0 Å². The second-order valence-electron chi connectivity index (χ2n) is 5.56. The molecule has 0 heterocycles. The molecule has 0 radical (unpaired) electrons. The van der Waals surface area contributed by atoms with Crippen LogP contribution >= 0.6 is 0 Å². The van der Waals surface area contributed by atoms with Crippen LogP contribution in [-0.4, -0.2) is 22.3 Å². The third kappa shape index (κ3) is 3.40. The van der Waals surface area contributed by atoms with Crippen molar-refractivity contribution in [3.05, 3.63) is 66.2 Å². The van der Waals surface area contributed by atoms with E-state index in [1.807, 2.05) is 42.5 Å². The molecule has 0 aliphatic carbocycles. The lowest BCUT2D eigenvalue weighted by molar-refractivity contribution is 0.690. The molecule has 0 spiro atoms. The molecular weight excluding hydrogens is 332 g/mol. The number of hydrogen-bond acceptors (Lipinski definition) is 5. The van der Waals surface area contributed by atoms with Gasteiger partial charge in [0.1, 0.15) is 15.8 Å². The van der Waals surface area contributed by atoms with Crippen molar-refractivity contribution in [2.45, 2.75) is 4.90 Å². The summed E-state index contributed by atoms with van der Waals surface area (Å²) in [6, 6.07) is 18.7. The second kappa shape index (κ2) is 7.46. The molecule has 3 aromatic rings. The Balaban J connectivity index is 1.99. The molecule has 3 aromatic carbocycles. The molecule has 5 nitrogen and oxygen atoms in total. The lowest BCUT2D eigenvalue weighted by Gasteiger charge is -2.14. The van der Waals surface area contributed by atoms with Crippen molar-refractivity contribution in [2.75, 3.05) is 24.1 Å². The maximum atomic E-state index is 13.0. The second-order valence-corrected chi connectivity index (χ2v) is 6.94. The minimum absolute atomic E-state index is 0.00903. The summed E-state index contributed by atoms with van der Waals surface area (Å²) in [4.78, 5) is 0.614. The number of benzene rings is 3. The summed E-state index contributed by atoms with van der Waals surface area (Å²) in [6.07, 6.45) is 0. The Kier molecular flexibility index (Phi) is 5.11. The Morgan fingerprint density at radius 1 is 1.04 bits per heavy atom. The molecule has 0 aromatic heterocycles. The molecule has 128 valence electrons. The molecule has 0 saturated heterocycles. The van der Waals surface area contributed by atoms with Gasteiger partial charge < -0.3 is 16.8 Å². The highest BCUT2D eigenvalue weighted by Gasteiger charge is 2.18. The van der Waals surface area contributed by atoms with Crippen LogP contribution in [0.1, 0.15) is 5.56 Å². The summed E-state index contributed by atoms with van der Waals surface area (Å²) >= 11 is 0. The Labute approximate surface area is 149 Å².